The zero-order chi connectivity index (χ0) is 6.78. The van der Waals surface area contributed by atoms with Crippen LogP contribution in [0, 0.1) is 0 Å². The summed E-state index contributed by atoms with van der Waals surface area (Å²) in [5, 5.41) is 0. The molecule has 4 heteroatoms. The van der Waals surface area contributed by atoms with Gasteiger partial charge in [0.25, 0.3) is 0 Å². The summed E-state index contributed by atoms with van der Waals surface area (Å²) in [4.78, 5) is 0. The molecule has 0 saturated heterocycles. The van der Waals surface area contributed by atoms with E-state index in [9.17, 15) is 0 Å². The van der Waals surface area contributed by atoms with E-state index in [-0.39, 0.29) is 4.74 Å². The molecule has 0 aromatic heterocycles. The highest BCUT2D eigenvalue weighted by Gasteiger charge is 1.98. The van der Waals surface area contributed by atoms with Crippen molar-refractivity contribution in [1.29, 1.82) is 0 Å². The Labute approximate surface area is 61.4 Å². The molecule has 0 heterocycles. The molecule has 0 unspecified atom stereocenters. The van der Waals surface area contributed by atoms with E-state index < -0.39 is 0 Å². The summed E-state index contributed by atoms with van der Waals surface area (Å²) >= 11 is 10.9. The maximum absolute atomic E-state index is 5.46. The van der Waals surface area contributed by atoms with E-state index in [1.54, 1.807) is 0 Å². The predicted octanol–water partition coefficient (Wildman–Crippen LogP) is 1.07. The van der Waals surface area contributed by atoms with Crippen molar-refractivity contribution in [3.63, 3.8) is 0 Å². The Hall–Kier alpha value is 0.605. The van der Waals surface area contributed by atoms with Gasteiger partial charge in [-0.3, -0.25) is 0 Å². The Kier molecular flexibility index (Phi) is 3.17. The summed E-state index contributed by atoms with van der Waals surface area (Å²) in [5.41, 5.74) is 0. The fraction of sp³-hybridized carbons (Fsp3) is 1.00. The smallest absolute Gasteiger partial charge is 0.0300 e. The Morgan fingerprint density at radius 3 is 1.62 bits per heavy atom. The summed E-state index contributed by atoms with van der Waals surface area (Å²) in [6.07, 6.45) is 0. The number of nitrogens with zero attached hydrogens (tertiary/aromatic N) is 1. The number of hydrogen-bond acceptors (Lipinski definition) is 0. The van der Waals surface area contributed by atoms with Gasteiger partial charge in [0.05, 0.1) is 0 Å². The summed E-state index contributed by atoms with van der Waals surface area (Å²) < 4.78 is 0.326. The topological polar surface area (TPSA) is 0 Å². The number of rotatable bonds is 2. The molecule has 0 N–H and O–H groups in total. The molecule has 0 fully saturated rings. The monoisotopic (exact) mass is 153 g/mol. The lowest BCUT2D eigenvalue weighted by Crippen LogP contribution is -2.41. The lowest BCUT2D eigenvalue weighted by atomic mass is 9.93. The highest BCUT2D eigenvalue weighted by Crippen LogP contribution is 2.02. The van der Waals surface area contributed by atoms with Gasteiger partial charge in [-0.1, -0.05) is 0 Å². The molecule has 0 aromatic rings. The van der Waals surface area contributed by atoms with Crippen LogP contribution in [0.15, 0.2) is 0 Å². The molecule has 0 rings (SSSR count). The first-order chi connectivity index (χ1) is 3.42. The van der Waals surface area contributed by atoms with Crippen molar-refractivity contribution in [3.05, 3.63) is 0 Å². The highest BCUT2D eigenvalue weighted by molar-refractivity contribution is 6.65. The second-order valence-electron chi connectivity index (χ2n) is 2.60. The van der Waals surface area contributed by atoms with Crippen LogP contribution in [0.3, 0.4) is 0 Å². The Morgan fingerprint density at radius 1 is 1.25 bits per heavy atom. The largest absolute Gasteiger partial charge is 0.565 e. The van der Waals surface area contributed by atoms with Gasteiger partial charge >= 0.3 is 0 Å². The quantitative estimate of drug-likeness (QED) is 0.412. The van der Waals surface area contributed by atoms with Crippen molar-refractivity contribution in [2.24, 2.45) is 0 Å². The van der Waals surface area contributed by atoms with E-state index in [1.807, 2.05) is 28.6 Å². The Balaban J connectivity index is 3.39. The van der Waals surface area contributed by atoms with Crippen LogP contribution in [0.25, 0.3) is 0 Å². The van der Waals surface area contributed by atoms with Crippen LogP contribution < -0.4 is 0 Å². The summed E-state index contributed by atoms with van der Waals surface area (Å²) in [6, 6.07) is 0. The zero-order valence-electron chi connectivity index (χ0n) is 5.36. The fourth-order valence-electron chi connectivity index (χ4n) is 0.338. The van der Waals surface area contributed by atoms with E-state index in [0.717, 1.165) is 0 Å². The van der Waals surface area contributed by atoms with E-state index in [2.05, 4.69) is 0 Å². The van der Waals surface area contributed by atoms with Crippen LogP contribution in [0.1, 0.15) is 0 Å². The first-order valence-electron chi connectivity index (χ1n) is 2.37. The van der Waals surface area contributed by atoms with E-state index in [4.69, 9.17) is 23.2 Å². The molecule has 0 aliphatic carbocycles. The van der Waals surface area contributed by atoms with Crippen molar-refractivity contribution in [1.82, 2.24) is 0 Å². The molecule has 0 amide bonds. The molecule has 0 aromatic carbocycles. The van der Waals surface area contributed by atoms with Crippen LogP contribution >= 0.6 is 23.2 Å². The standard InChI is InChI=1S/C4H10BCl2N/c1-8(2,3)5-4(6)7/h4H,1-3H3. The van der Waals surface area contributed by atoms with E-state index in [1.165, 1.54) is 0 Å². The molecule has 2 radical (unpaired) electrons. The van der Waals surface area contributed by atoms with Gasteiger partial charge in [0.15, 0.2) is 0 Å². The third-order valence-corrected chi connectivity index (χ3v) is 0.785. The first-order valence-corrected chi connectivity index (χ1v) is 3.24. The molecule has 0 saturated carbocycles. The van der Waals surface area contributed by atoms with Gasteiger partial charge in [-0.25, -0.2) is 0 Å². The average molecular weight is 154 g/mol. The number of halogens is 2. The number of hydrogen-bond donors (Lipinski definition) is 0. The van der Waals surface area contributed by atoms with E-state index >= 15 is 0 Å². The van der Waals surface area contributed by atoms with Crippen molar-refractivity contribution in [2.75, 3.05) is 21.1 Å². The van der Waals surface area contributed by atoms with Crippen molar-refractivity contribution < 1.29 is 4.39 Å². The average Bonchev–Trinajstić information content (AvgIpc) is 1.21. The van der Waals surface area contributed by atoms with Crippen molar-refractivity contribution >= 4 is 30.6 Å². The van der Waals surface area contributed by atoms with Gasteiger partial charge in [-0.2, -0.15) is 0 Å². The Morgan fingerprint density at radius 2 is 1.62 bits per heavy atom. The second-order valence-corrected chi connectivity index (χ2v) is 3.76. The third-order valence-electron chi connectivity index (χ3n) is 0.560. The highest BCUT2D eigenvalue weighted by atomic mass is 35.5. The molecule has 48 valence electrons. The fourth-order valence-corrected chi connectivity index (χ4v) is 1.01. The minimum atomic E-state index is -0.366. The van der Waals surface area contributed by atoms with Gasteiger partial charge in [-0.05, 0) is 4.74 Å². The van der Waals surface area contributed by atoms with Crippen LogP contribution in [-0.2, 0) is 0 Å². The minimum absolute atomic E-state index is 0.366. The zero-order valence-corrected chi connectivity index (χ0v) is 6.87. The van der Waals surface area contributed by atoms with Crippen LogP contribution in [0.5, 0.6) is 0 Å². The second kappa shape index (κ2) is 2.95. The molecule has 0 aliphatic heterocycles. The van der Waals surface area contributed by atoms with Gasteiger partial charge < -0.3 is 4.39 Å². The maximum Gasteiger partial charge on any atom is 0.0300 e. The summed E-state index contributed by atoms with van der Waals surface area (Å²) in [5.74, 6) is 0. The molecule has 8 heavy (non-hydrogen) atoms. The SMILES string of the molecule is C[N+](C)(C)[B-]C(Cl)Cl. The van der Waals surface area contributed by atoms with Crippen LogP contribution in [-0.4, -0.2) is 37.7 Å². The molecule has 0 spiro atoms. The summed E-state index contributed by atoms with van der Waals surface area (Å²) in [6.45, 7) is 0. The normalized spacial score (nSPS) is 12.8. The molecule has 0 bridgehead atoms. The molecular formula is C4H10BCl2N. The molecule has 1 nitrogen and oxygen atoms in total. The number of alkyl halides is 2. The molecular weight excluding hydrogens is 144 g/mol. The van der Waals surface area contributed by atoms with Gasteiger partial charge in [0.1, 0.15) is 0 Å². The molecule has 0 aliphatic rings. The Bertz CT molecular complexity index is 68.9. The molecule has 0 atom stereocenters. The van der Waals surface area contributed by atoms with Crippen LogP contribution in [0.4, 0.5) is 0 Å². The van der Waals surface area contributed by atoms with E-state index in [0.29, 0.717) is 4.39 Å². The number of quaternary nitrogens is 1. The third kappa shape index (κ3) is 6.60. The lowest BCUT2D eigenvalue weighted by Gasteiger charge is -2.38. The summed E-state index contributed by atoms with van der Waals surface area (Å²) in [7, 11) is 7.82. The van der Waals surface area contributed by atoms with Crippen molar-refractivity contribution in [2.45, 2.75) is 4.74 Å². The maximum atomic E-state index is 5.46. The van der Waals surface area contributed by atoms with Crippen molar-refractivity contribution in [3.8, 4) is 0 Å². The van der Waals surface area contributed by atoms with Gasteiger partial charge in [-0.15, -0.1) is 23.2 Å². The first kappa shape index (κ1) is 8.60. The van der Waals surface area contributed by atoms with Crippen LogP contribution in [0.2, 0.25) is 0 Å². The van der Waals surface area contributed by atoms with Gasteiger partial charge in [0, 0.05) is 28.6 Å². The van der Waals surface area contributed by atoms with Gasteiger partial charge in [0.2, 0.25) is 0 Å². The minimum Gasteiger partial charge on any atom is -0.565 e. The lowest BCUT2D eigenvalue weighted by molar-refractivity contribution is -0.755. The predicted molar refractivity (Wildman–Crippen MR) is 39.3 cm³/mol.